The number of rotatable bonds is 2. The number of methoxy groups -OCH3 is 1. The molecule has 11 heavy (non-hydrogen) atoms. The Morgan fingerprint density at radius 2 is 1.27 bits per heavy atom. The molecule has 0 aromatic heterocycles. The van der Waals surface area contributed by atoms with E-state index in [1.165, 1.54) is 0 Å². The summed E-state index contributed by atoms with van der Waals surface area (Å²) < 4.78 is 4.25. The Hall–Kier alpha value is -1.36. The summed E-state index contributed by atoms with van der Waals surface area (Å²) in [4.78, 5) is 19.1. The van der Waals surface area contributed by atoms with Gasteiger partial charge in [-0.25, -0.2) is 9.59 Å². The average Bonchev–Trinajstić information content (AvgIpc) is 1.85. The summed E-state index contributed by atoms with van der Waals surface area (Å²) in [5.74, 6) is -2.51. The molecule has 0 aliphatic heterocycles. The van der Waals surface area contributed by atoms with Crippen molar-refractivity contribution in [1.82, 2.24) is 0 Å². The first kappa shape index (κ1) is 12.3. The SMILES string of the molecule is COC.O=C(O)/C=C/C(=O)O. The minimum Gasteiger partial charge on any atom is -0.478 e. The summed E-state index contributed by atoms with van der Waals surface area (Å²) in [5.41, 5.74) is 0. The third kappa shape index (κ3) is 28.8. The molecule has 0 bridgehead atoms. The maximum Gasteiger partial charge on any atom is 0.328 e. The lowest BCUT2D eigenvalue weighted by atomic mass is 10.5. The third-order valence-electron chi connectivity index (χ3n) is 0.368. The van der Waals surface area contributed by atoms with Crippen molar-refractivity contribution in [3.8, 4) is 0 Å². The molecule has 0 saturated carbocycles. The summed E-state index contributed by atoms with van der Waals surface area (Å²) in [5, 5.41) is 15.6. The van der Waals surface area contributed by atoms with Gasteiger partial charge in [-0.3, -0.25) is 0 Å². The number of carbonyl (C=O) groups is 2. The molecule has 0 atom stereocenters. The zero-order chi connectivity index (χ0) is 9.28. The third-order valence-corrected chi connectivity index (χ3v) is 0.368. The summed E-state index contributed by atoms with van der Waals surface area (Å²) in [7, 11) is 3.25. The van der Waals surface area contributed by atoms with Crippen LogP contribution in [0.4, 0.5) is 0 Å². The Morgan fingerprint density at radius 3 is 1.36 bits per heavy atom. The molecule has 0 aromatic carbocycles. The molecule has 0 unspecified atom stereocenters. The highest BCUT2D eigenvalue weighted by atomic mass is 16.4. The summed E-state index contributed by atoms with van der Waals surface area (Å²) >= 11 is 0. The molecule has 0 fully saturated rings. The molecule has 0 rings (SSSR count). The number of hydrogen-bond donors (Lipinski definition) is 2. The quantitative estimate of drug-likeness (QED) is 0.557. The fourth-order valence-corrected chi connectivity index (χ4v) is 0.143. The van der Waals surface area contributed by atoms with Gasteiger partial charge in [0.1, 0.15) is 0 Å². The first-order chi connectivity index (χ1) is 5.04. The standard InChI is InChI=1S/C4H4O4.C2H6O/c5-3(6)1-2-4(7)8;1-3-2/h1-2H,(H,5,6)(H,7,8);1-2H3/b2-1+;. The molecular weight excluding hydrogens is 152 g/mol. The lowest BCUT2D eigenvalue weighted by Gasteiger charge is -1.74. The van der Waals surface area contributed by atoms with Gasteiger partial charge in [-0.2, -0.15) is 0 Å². The van der Waals surface area contributed by atoms with Gasteiger partial charge in [0.05, 0.1) is 0 Å². The Kier molecular flexibility index (Phi) is 9.68. The first-order valence-corrected chi connectivity index (χ1v) is 2.58. The van der Waals surface area contributed by atoms with Crippen LogP contribution in [0.3, 0.4) is 0 Å². The highest BCUT2D eigenvalue weighted by Gasteiger charge is 1.88. The van der Waals surface area contributed by atoms with Crippen molar-refractivity contribution < 1.29 is 24.5 Å². The van der Waals surface area contributed by atoms with Crippen LogP contribution < -0.4 is 0 Å². The van der Waals surface area contributed by atoms with Crippen LogP contribution in [0.15, 0.2) is 12.2 Å². The number of carboxylic acids is 2. The van der Waals surface area contributed by atoms with Crippen molar-refractivity contribution in [2.24, 2.45) is 0 Å². The van der Waals surface area contributed by atoms with E-state index in [9.17, 15) is 9.59 Å². The molecule has 0 aliphatic rings. The van der Waals surface area contributed by atoms with E-state index in [1.54, 1.807) is 14.2 Å². The van der Waals surface area contributed by atoms with Crippen molar-refractivity contribution in [3.05, 3.63) is 12.2 Å². The van der Waals surface area contributed by atoms with Crippen LogP contribution in [0, 0.1) is 0 Å². The monoisotopic (exact) mass is 162 g/mol. The molecule has 2 N–H and O–H groups in total. The zero-order valence-electron chi connectivity index (χ0n) is 6.27. The maximum atomic E-state index is 9.55. The Bertz CT molecular complexity index is 133. The van der Waals surface area contributed by atoms with Crippen molar-refractivity contribution in [3.63, 3.8) is 0 Å². The molecule has 0 aromatic rings. The Labute approximate surface area is 63.9 Å². The average molecular weight is 162 g/mol. The van der Waals surface area contributed by atoms with Gasteiger partial charge in [0.25, 0.3) is 0 Å². The fraction of sp³-hybridized carbons (Fsp3) is 0.333. The minimum absolute atomic E-state index is 0.558. The van der Waals surface area contributed by atoms with Crippen LogP contribution in [-0.4, -0.2) is 36.4 Å². The van der Waals surface area contributed by atoms with E-state index >= 15 is 0 Å². The molecule has 5 nitrogen and oxygen atoms in total. The van der Waals surface area contributed by atoms with Gasteiger partial charge in [-0.05, 0) is 0 Å². The lowest BCUT2D eigenvalue weighted by Crippen LogP contribution is -1.91. The molecule has 5 heteroatoms. The summed E-state index contributed by atoms with van der Waals surface area (Å²) in [6, 6.07) is 0. The van der Waals surface area contributed by atoms with Crippen LogP contribution in [0.1, 0.15) is 0 Å². The molecular formula is C6H10O5. The van der Waals surface area contributed by atoms with Crippen LogP contribution >= 0.6 is 0 Å². The number of hydrogen-bond acceptors (Lipinski definition) is 3. The minimum atomic E-state index is -1.26. The molecule has 0 radical (unpaired) electrons. The molecule has 0 heterocycles. The van der Waals surface area contributed by atoms with E-state index in [-0.39, 0.29) is 0 Å². The molecule has 0 aliphatic carbocycles. The van der Waals surface area contributed by atoms with Gasteiger partial charge in [0.2, 0.25) is 0 Å². The normalized spacial score (nSPS) is 8.55. The van der Waals surface area contributed by atoms with Gasteiger partial charge in [-0.15, -0.1) is 0 Å². The van der Waals surface area contributed by atoms with Crippen molar-refractivity contribution >= 4 is 11.9 Å². The molecule has 0 saturated heterocycles. The van der Waals surface area contributed by atoms with E-state index in [4.69, 9.17) is 10.2 Å². The fourth-order valence-electron chi connectivity index (χ4n) is 0.143. The van der Waals surface area contributed by atoms with Crippen LogP contribution in [-0.2, 0) is 14.3 Å². The van der Waals surface area contributed by atoms with E-state index < -0.39 is 11.9 Å². The van der Waals surface area contributed by atoms with Crippen LogP contribution in [0.5, 0.6) is 0 Å². The predicted molar refractivity (Wildman–Crippen MR) is 37.3 cm³/mol. The van der Waals surface area contributed by atoms with E-state index in [1.807, 2.05) is 0 Å². The lowest BCUT2D eigenvalue weighted by molar-refractivity contribution is -0.134. The summed E-state index contributed by atoms with van der Waals surface area (Å²) in [6.45, 7) is 0. The second kappa shape index (κ2) is 8.64. The highest BCUT2D eigenvalue weighted by molar-refractivity contribution is 5.89. The highest BCUT2D eigenvalue weighted by Crippen LogP contribution is 1.70. The van der Waals surface area contributed by atoms with Crippen LogP contribution in [0.2, 0.25) is 0 Å². The summed E-state index contributed by atoms with van der Waals surface area (Å²) in [6.07, 6.45) is 1.12. The van der Waals surface area contributed by atoms with Gasteiger partial charge >= 0.3 is 11.9 Å². The second-order valence-electron chi connectivity index (χ2n) is 1.42. The Morgan fingerprint density at radius 1 is 1.09 bits per heavy atom. The molecule has 0 amide bonds. The van der Waals surface area contributed by atoms with Crippen molar-refractivity contribution in [2.75, 3.05) is 14.2 Å². The number of ether oxygens (including phenoxy) is 1. The van der Waals surface area contributed by atoms with Gasteiger partial charge in [0.15, 0.2) is 0 Å². The van der Waals surface area contributed by atoms with Gasteiger partial charge in [0, 0.05) is 26.4 Å². The maximum absolute atomic E-state index is 9.55. The Balaban J connectivity index is 0. The first-order valence-electron chi connectivity index (χ1n) is 2.58. The van der Waals surface area contributed by atoms with E-state index in [0.29, 0.717) is 12.2 Å². The van der Waals surface area contributed by atoms with Gasteiger partial charge in [-0.1, -0.05) is 0 Å². The van der Waals surface area contributed by atoms with E-state index in [0.717, 1.165) is 0 Å². The smallest absolute Gasteiger partial charge is 0.328 e. The molecule has 64 valence electrons. The number of aliphatic carboxylic acids is 2. The van der Waals surface area contributed by atoms with Crippen molar-refractivity contribution in [1.29, 1.82) is 0 Å². The predicted octanol–water partition coefficient (Wildman–Crippen LogP) is -0.0256. The largest absolute Gasteiger partial charge is 0.478 e. The second-order valence-corrected chi connectivity index (χ2v) is 1.42. The molecule has 0 spiro atoms. The number of carboxylic acid groups (broad SMARTS) is 2. The van der Waals surface area contributed by atoms with E-state index in [2.05, 4.69) is 4.74 Å². The van der Waals surface area contributed by atoms with Crippen LogP contribution in [0.25, 0.3) is 0 Å². The topological polar surface area (TPSA) is 83.8 Å². The van der Waals surface area contributed by atoms with Gasteiger partial charge < -0.3 is 14.9 Å². The zero-order valence-corrected chi connectivity index (χ0v) is 6.27. The van der Waals surface area contributed by atoms with Crippen molar-refractivity contribution in [2.45, 2.75) is 0 Å².